The zero-order chi connectivity index (χ0) is 20.6. The van der Waals surface area contributed by atoms with E-state index in [1.165, 1.54) is 23.3 Å². The molecule has 0 radical (unpaired) electrons. The van der Waals surface area contributed by atoms with Crippen LogP contribution in [0.2, 0.25) is 0 Å². The molecule has 1 aromatic heterocycles. The normalized spacial score (nSPS) is 19.2. The van der Waals surface area contributed by atoms with Gasteiger partial charge in [-0.1, -0.05) is 49.9 Å². The lowest BCUT2D eigenvalue weighted by atomic mass is 9.87. The first-order valence-electron chi connectivity index (χ1n) is 10.4. The lowest BCUT2D eigenvalue weighted by Gasteiger charge is -2.26. The summed E-state index contributed by atoms with van der Waals surface area (Å²) in [6.07, 6.45) is 10.5. The van der Waals surface area contributed by atoms with Crippen LogP contribution in [0.3, 0.4) is 0 Å². The number of nitrogens with one attached hydrogen (secondary N) is 1. The largest absolute Gasteiger partial charge is 0.348 e. The number of pyridine rings is 1. The van der Waals surface area contributed by atoms with Gasteiger partial charge in [-0.2, -0.15) is 0 Å². The van der Waals surface area contributed by atoms with Crippen molar-refractivity contribution in [3.8, 4) is 0 Å². The van der Waals surface area contributed by atoms with Gasteiger partial charge in [-0.05, 0) is 67.9 Å². The summed E-state index contributed by atoms with van der Waals surface area (Å²) in [6.45, 7) is 8.22. The van der Waals surface area contributed by atoms with Gasteiger partial charge in [0.2, 0.25) is 0 Å². The number of hydrogen-bond acceptors (Lipinski definition) is 3. The van der Waals surface area contributed by atoms with Gasteiger partial charge in [0.15, 0.2) is 0 Å². The van der Waals surface area contributed by atoms with Crippen LogP contribution in [-0.4, -0.2) is 16.9 Å². The van der Waals surface area contributed by atoms with Crippen molar-refractivity contribution in [3.05, 3.63) is 71.6 Å². The number of nitrogens with zero attached hydrogens (tertiary/aromatic N) is 1. The van der Waals surface area contributed by atoms with Crippen LogP contribution in [-0.2, 0) is 5.75 Å². The Kier molecular flexibility index (Phi) is 7.70. The minimum absolute atomic E-state index is 0.0559. The molecule has 3 rings (SSSR count). The molecule has 1 N–H and O–H groups in total. The Balaban J connectivity index is 1.66. The molecule has 1 fully saturated rings. The van der Waals surface area contributed by atoms with Crippen molar-refractivity contribution in [1.29, 1.82) is 0 Å². The predicted molar refractivity (Wildman–Crippen MR) is 124 cm³/mol. The van der Waals surface area contributed by atoms with Crippen molar-refractivity contribution in [2.75, 3.05) is 0 Å². The smallest absolute Gasteiger partial charge is 0.270 e. The zero-order valence-corrected chi connectivity index (χ0v) is 18.2. The summed E-state index contributed by atoms with van der Waals surface area (Å²) in [6, 6.07) is 12.2. The third-order valence-electron chi connectivity index (χ3n) is 5.42. The van der Waals surface area contributed by atoms with Crippen LogP contribution in [0.15, 0.2) is 53.9 Å². The molecule has 29 heavy (non-hydrogen) atoms. The Morgan fingerprint density at radius 3 is 2.69 bits per heavy atom. The van der Waals surface area contributed by atoms with E-state index in [1.54, 1.807) is 17.8 Å². The van der Waals surface area contributed by atoms with Crippen molar-refractivity contribution < 1.29 is 4.79 Å². The fourth-order valence-electron chi connectivity index (χ4n) is 3.71. The highest BCUT2D eigenvalue weighted by atomic mass is 32.2. The zero-order valence-electron chi connectivity index (χ0n) is 17.4. The second-order valence-electron chi connectivity index (χ2n) is 7.70. The average molecular weight is 407 g/mol. The van der Waals surface area contributed by atoms with E-state index >= 15 is 0 Å². The number of thioether (sulfide) groups is 1. The molecule has 0 bridgehead atoms. The van der Waals surface area contributed by atoms with Crippen LogP contribution in [0.1, 0.15) is 66.8 Å². The van der Waals surface area contributed by atoms with Crippen LogP contribution >= 0.6 is 11.8 Å². The van der Waals surface area contributed by atoms with Gasteiger partial charge in [-0.25, -0.2) is 4.98 Å². The Morgan fingerprint density at radius 1 is 1.21 bits per heavy atom. The molecule has 1 aliphatic rings. The summed E-state index contributed by atoms with van der Waals surface area (Å²) in [5.74, 6) is 1.43. The molecule has 152 valence electrons. The van der Waals surface area contributed by atoms with E-state index in [0.717, 1.165) is 30.0 Å². The molecule has 2 aromatic rings. The quantitative estimate of drug-likeness (QED) is 0.544. The fourth-order valence-corrected chi connectivity index (χ4v) is 4.69. The molecule has 4 heteroatoms. The molecule has 0 saturated heterocycles. The molecule has 1 saturated carbocycles. The van der Waals surface area contributed by atoms with Crippen LogP contribution in [0.5, 0.6) is 0 Å². The maximum Gasteiger partial charge on any atom is 0.270 e. The average Bonchev–Trinajstić information content (AvgIpc) is 2.75. The third-order valence-corrected chi connectivity index (χ3v) is 6.53. The van der Waals surface area contributed by atoms with E-state index in [0.29, 0.717) is 11.4 Å². The van der Waals surface area contributed by atoms with Crippen LogP contribution in [0.4, 0.5) is 0 Å². The Bertz CT molecular complexity index is 882. The number of allylic oxidation sites excluding steroid dienone is 1. The number of carbonyl (C=O) groups is 1. The number of aromatic nitrogens is 1. The molecule has 0 atom stereocenters. The first-order valence-corrected chi connectivity index (χ1v) is 11.4. The predicted octanol–water partition coefficient (Wildman–Crippen LogP) is 6.36. The first kappa shape index (κ1) is 21.4. The van der Waals surface area contributed by atoms with E-state index in [9.17, 15) is 4.79 Å². The van der Waals surface area contributed by atoms with Crippen molar-refractivity contribution in [2.45, 2.75) is 56.2 Å². The first-order chi connectivity index (χ1) is 14.1. The highest BCUT2D eigenvalue weighted by Crippen LogP contribution is 2.30. The van der Waals surface area contributed by atoms with Crippen molar-refractivity contribution in [1.82, 2.24) is 10.3 Å². The number of rotatable bonds is 7. The molecule has 1 aliphatic carbocycles. The molecule has 1 heterocycles. The SMILES string of the molecule is C=Cc1cccc(SCc2cccc(C(=O)NC3CCC(C)CC3)n2)c1/C=C\C. The van der Waals surface area contributed by atoms with Gasteiger partial charge < -0.3 is 5.32 Å². The number of carbonyl (C=O) groups excluding carboxylic acids is 1. The summed E-state index contributed by atoms with van der Waals surface area (Å²) in [5, 5.41) is 3.17. The van der Waals surface area contributed by atoms with Crippen molar-refractivity contribution in [2.24, 2.45) is 5.92 Å². The topological polar surface area (TPSA) is 42.0 Å². The molecule has 3 nitrogen and oxygen atoms in total. The van der Waals surface area contributed by atoms with Gasteiger partial charge >= 0.3 is 0 Å². The lowest BCUT2D eigenvalue weighted by molar-refractivity contribution is 0.0917. The van der Waals surface area contributed by atoms with Gasteiger partial charge in [0.1, 0.15) is 5.69 Å². The molecular weight excluding hydrogens is 376 g/mol. The standard InChI is InChI=1S/C25H30N2OS/c1-4-8-22-19(5-2)9-6-12-24(22)29-17-21-10-7-11-23(26-21)25(28)27-20-15-13-18(3)14-16-20/h4-12,18,20H,2,13-17H2,1,3H3,(H,27,28)/b8-4-. The molecular formula is C25H30N2OS. The molecule has 1 aromatic carbocycles. The van der Waals surface area contributed by atoms with Gasteiger partial charge in [0, 0.05) is 16.7 Å². The van der Waals surface area contributed by atoms with Crippen molar-refractivity contribution >= 4 is 29.8 Å². The Labute approximate surface area is 178 Å². The monoisotopic (exact) mass is 406 g/mol. The highest BCUT2D eigenvalue weighted by Gasteiger charge is 2.20. The summed E-state index contributed by atoms with van der Waals surface area (Å²) in [4.78, 5) is 18.4. The van der Waals surface area contributed by atoms with Crippen LogP contribution in [0.25, 0.3) is 12.2 Å². The number of benzene rings is 1. The highest BCUT2D eigenvalue weighted by molar-refractivity contribution is 7.98. The van der Waals surface area contributed by atoms with Gasteiger partial charge in [-0.15, -0.1) is 11.8 Å². The Morgan fingerprint density at radius 2 is 1.97 bits per heavy atom. The summed E-state index contributed by atoms with van der Waals surface area (Å²) >= 11 is 1.73. The lowest BCUT2D eigenvalue weighted by Crippen LogP contribution is -2.37. The van der Waals surface area contributed by atoms with E-state index < -0.39 is 0 Å². The number of amides is 1. The van der Waals surface area contributed by atoms with Gasteiger partial charge in [0.05, 0.1) is 5.69 Å². The number of hydrogen-bond donors (Lipinski definition) is 1. The fraction of sp³-hybridized carbons (Fsp3) is 0.360. The molecule has 0 unspecified atom stereocenters. The minimum atomic E-state index is -0.0559. The maximum absolute atomic E-state index is 12.6. The van der Waals surface area contributed by atoms with E-state index in [2.05, 4.69) is 48.1 Å². The third kappa shape index (κ3) is 5.83. The van der Waals surface area contributed by atoms with E-state index in [1.807, 2.05) is 31.2 Å². The van der Waals surface area contributed by atoms with Crippen LogP contribution < -0.4 is 5.32 Å². The van der Waals surface area contributed by atoms with Crippen LogP contribution in [0, 0.1) is 5.92 Å². The summed E-state index contributed by atoms with van der Waals surface area (Å²) < 4.78 is 0. The molecule has 1 amide bonds. The molecule has 0 spiro atoms. The van der Waals surface area contributed by atoms with E-state index in [-0.39, 0.29) is 11.9 Å². The second-order valence-corrected chi connectivity index (χ2v) is 8.71. The summed E-state index contributed by atoms with van der Waals surface area (Å²) in [5.41, 5.74) is 3.72. The molecule has 0 aliphatic heterocycles. The maximum atomic E-state index is 12.6. The van der Waals surface area contributed by atoms with Gasteiger partial charge in [-0.3, -0.25) is 4.79 Å². The van der Waals surface area contributed by atoms with Gasteiger partial charge in [0.25, 0.3) is 5.91 Å². The minimum Gasteiger partial charge on any atom is -0.348 e. The summed E-state index contributed by atoms with van der Waals surface area (Å²) in [7, 11) is 0. The van der Waals surface area contributed by atoms with E-state index in [4.69, 9.17) is 0 Å². The van der Waals surface area contributed by atoms with Crippen molar-refractivity contribution in [3.63, 3.8) is 0 Å². The Hall–Kier alpha value is -2.33. The second kappa shape index (κ2) is 10.4.